The highest BCUT2D eigenvalue weighted by Crippen LogP contribution is 2.27. The van der Waals surface area contributed by atoms with Crippen LogP contribution in [0.15, 0.2) is 29.9 Å². The summed E-state index contributed by atoms with van der Waals surface area (Å²) >= 11 is 1.53. The molecule has 1 heterocycles. The molecule has 0 saturated heterocycles. The quantitative estimate of drug-likeness (QED) is 0.840. The van der Waals surface area contributed by atoms with Gasteiger partial charge < -0.3 is 10.1 Å². The summed E-state index contributed by atoms with van der Waals surface area (Å²) in [6.45, 7) is 5.52. The van der Waals surface area contributed by atoms with Crippen molar-refractivity contribution < 1.29 is 9.13 Å². The van der Waals surface area contributed by atoms with Gasteiger partial charge in [0.05, 0.1) is 10.4 Å². The number of rotatable bonds is 7. The number of hydrogen-bond acceptors (Lipinski definition) is 4. The van der Waals surface area contributed by atoms with Crippen molar-refractivity contribution in [2.45, 2.75) is 32.9 Å². The number of thiazole rings is 1. The first-order valence-corrected chi connectivity index (χ1v) is 7.61. The Hall–Kier alpha value is -1.46. The van der Waals surface area contributed by atoms with Gasteiger partial charge in [0.1, 0.15) is 18.2 Å². The van der Waals surface area contributed by atoms with Crippen LogP contribution in [0.2, 0.25) is 0 Å². The first kappa shape index (κ1) is 14.9. The topological polar surface area (TPSA) is 34.1 Å². The largest absolute Gasteiger partial charge is 0.488 e. The molecule has 0 fully saturated rings. The van der Waals surface area contributed by atoms with E-state index in [2.05, 4.69) is 24.1 Å². The van der Waals surface area contributed by atoms with Crippen LogP contribution < -0.4 is 10.1 Å². The van der Waals surface area contributed by atoms with E-state index in [4.69, 9.17) is 4.74 Å². The molecule has 108 valence electrons. The van der Waals surface area contributed by atoms with Crippen molar-refractivity contribution in [3.05, 3.63) is 46.2 Å². The third-order valence-corrected chi connectivity index (χ3v) is 3.75. The normalized spacial score (nSPS) is 12.3. The maximum absolute atomic E-state index is 13.4. The van der Waals surface area contributed by atoms with Crippen LogP contribution in [-0.2, 0) is 6.61 Å². The van der Waals surface area contributed by atoms with Crippen LogP contribution in [0.5, 0.6) is 5.75 Å². The number of aromatic nitrogens is 1. The van der Waals surface area contributed by atoms with E-state index in [0.29, 0.717) is 12.4 Å². The minimum absolute atomic E-state index is 0.131. The number of hydrogen-bond donors (Lipinski definition) is 1. The van der Waals surface area contributed by atoms with Crippen LogP contribution in [0.1, 0.15) is 36.8 Å². The van der Waals surface area contributed by atoms with Gasteiger partial charge in [-0.2, -0.15) is 0 Å². The fourth-order valence-corrected chi connectivity index (χ4v) is 2.43. The van der Waals surface area contributed by atoms with Gasteiger partial charge in [-0.1, -0.05) is 13.0 Å². The van der Waals surface area contributed by atoms with E-state index in [0.717, 1.165) is 23.4 Å². The molecule has 0 aliphatic heterocycles. The summed E-state index contributed by atoms with van der Waals surface area (Å²) < 4.78 is 19.2. The summed E-state index contributed by atoms with van der Waals surface area (Å²) in [5.74, 6) is 0.310. The molecule has 0 amide bonds. The second-order valence-electron chi connectivity index (χ2n) is 4.61. The van der Waals surface area contributed by atoms with Crippen LogP contribution in [-0.4, -0.2) is 11.5 Å². The average Bonchev–Trinajstić information content (AvgIpc) is 2.96. The van der Waals surface area contributed by atoms with Crippen LogP contribution in [0, 0.1) is 5.82 Å². The highest BCUT2D eigenvalue weighted by molar-refractivity contribution is 7.09. The second-order valence-corrected chi connectivity index (χ2v) is 5.59. The Morgan fingerprint density at radius 2 is 2.30 bits per heavy atom. The molecule has 1 unspecified atom stereocenters. The minimum atomic E-state index is -0.282. The third kappa shape index (κ3) is 4.02. The maximum atomic E-state index is 13.4. The molecule has 1 atom stereocenters. The van der Waals surface area contributed by atoms with Crippen LogP contribution in [0.3, 0.4) is 0 Å². The lowest BCUT2D eigenvalue weighted by atomic mass is 10.1. The van der Waals surface area contributed by atoms with Gasteiger partial charge in [-0.15, -0.1) is 11.3 Å². The lowest BCUT2D eigenvalue weighted by molar-refractivity contribution is 0.301. The maximum Gasteiger partial charge on any atom is 0.127 e. The van der Waals surface area contributed by atoms with Gasteiger partial charge in [-0.25, -0.2) is 4.39 Å². The van der Waals surface area contributed by atoms with Gasteiger partial charge in [-0.05, 0) is 26.0 Å². The molecule has 0 aliphatic rings. The summed E-state index contributed by atoms with van der Waals surface area (Å²) in [7, 11) is 0. The Labute approximate surface area is 122 Å². The Morgan fingerprint density at radius 1 is 1.45 bits per heavy atom. The van der Waals surface area contributed by atoms with Gasteiger partial charge in [0.2, 0.25) is 0 Å². The zero-order valence-corrected chi connectivity index (χ0v) is 12.5. The lowest BCUT2D eigenvalue weighted by Gasteiger charge is -2.18. The number of ether oxygens (including phenoxy) is 1. The van der Waals surface area contributed by atoms with Gasteiger partial charge >= 0.3 is 0 Å². The number of nitrogens with one attached hydrogen (secondary N) is 1. The molecule has 1 aromatic carbocycles. The molecule has 5 heteroatoms. The Kier molecular flexibility index (Phi) is 5.49. The van der Waals surface area contributed by atoms with Crippen molar-refractivity contribution in [1.29, 1.82) is 0 Å². The molecule has 0 saturated carbocycles. The van der Waals surface area contributed by atoms with Crippen molar-refractivity contribution in [2.75, 3.05) is 6.54 Å². The van der Waals surface area contributed by atoms with Crippen molar-refractivity contribution in [3.8, 4) is 5.75 Å². The van der Waals surface area contributed by atoms with Crippen molar-refractivity contribution in [3.63, 3.8) is 0 Å². The molecule has 2 aromatic rings. The fourth-order valence-electron chi connectivity index (χ4n) is 1.92. The summed E-state index contributed by atoms with van der Waals surface area (Å²) in [4.78, 5) is 5.02. The molecule has 0 aliphatic carbocycles. The molecule has 3 nitrogen and oxygen atoms in total. The SMILES string of the molecule is CCCNC(C)c1ccc(F)cc1OCc1cncs1. The molecule has 0 radical (unpaired) electrons. The number of nitrogens with zero attached hydrogens (tertiary/aromatic N) is 1. The molecular formula is C15H19FN2OS. The molecule has 1 aromatic heterocycles. The van der Waals surface area contributed by atoms with Crippen molar-refractivity contribution in [2.24, 2.45) is 0 Å². The lowest BCUT2D eigenvalue weighted by Crippen LogP contribution is -2.20. The van der Waals surface area contributed by atoms with Crippen LogP contribution >= 0.6 is 11.3 Å². The third-order valence-electron chi connectivity index (χ3n) is 3.00. The molecule has 1 N–H and O–H groups in total. The van der Waals surface area contributed by atoms with Crippen LogP contribution in [0.4, 0.5) is 4.39 Å². The molecule has 0 spiro atoms. The predicted octanol–water partition coefficient (Wildman–Crippen LogP) is 3.92. The number of benzene rings is 1. The average molecular weight is 294 g/mol. The predicted molar refractivity (Wildman–Crippen MR) is 79.6 cm³/mol. The van der Waals surface area contributed by atoms with Gasteiger partial charge in [0.15, 0.2) is 0 Å². The van der Waals surface area contributed by atoms with E-state index in [1.807, 2.05) is 0 Å². The standard InChI is InChI=1S/C15H19FN2OS/c1-3-6-18-11(2)14-5-4-12(16)7-15(14)19-9-13-8-17-10-20-13/h4-5,7-8,10-11,18H,3,6,9H2,1-2H3. The van der Waals surface area contributed by atoms with Crippen LogP contribution in [0.25, 0.3) is 0 Å². The molecule has 0 bridgehead atoms. The van der Waals surface area contributed by atoms with Crippen molar-refractivity contribution >= 4 is 11.3 Å². The molecule has 20 heavy (non-hydrogen) atoms. The Balaban J connectivity index is 2.10. The Bertz CT molecular complexity index is 531. The summed E-state index contributed by atoms with van der Waals surface area (Å²) in [5, 5.41) is 3.39. The van der Waals surface area contributed by atoms with E-state index in [1.54, 1.807) is 17.8 Å². The van der Waals surface area contributed by atoms with E-state index >= 15 is 0 Å². The van der Waals surface area contributed by atoms with E-state index in [9.17, 15) is 4.39 Å². The summed E-state index contributed by atoms with van der Waals surface area (Å²) in [5.41, 5.74) is 2.74. The smallest absolute Gasteiger partial charge is 0.127 e. The van der Waals surface area contributed by atoms with E-state index < -0.39 is 0 Å². The second kappa shape index (κ2) is 7.36. The zero-order chi connectivity index (χ0) is 14.4. The molecule has 2 rings (SSSR count). The first-order chi connectivity index (χ1) is 9.70. The van der Waals surface area contributed by atoms with Gasteiger partial charge in [-0.3, -0.25) is 4.98 Å². The minimum Gasteiger partial charge on any atom is -0.488 e. The number of halogens is 1. The summed E-state index contributed by atoms with van der Waals surface area (Å²) in [6, 6.07) is 4.83. The first-order valence-electron chi connectivity index (χ1n) is 6.73. The van der Waals surface area contributed by atoms with Gasteiger partial charge in [0, 0.05) is 23.9 Å². The van der Waals surface area contributed by atoms with Crippen molar-refractivity contribution in [1.82, 2.24) is 10.3 Å². The monoisotopic (exact) mass is 294 g/mol. The Morgan fingerprint density at radius 3 is 3.00 bits per heavy atom. The molecular weight excluding hydrogens is 275 g/mol. The zero-order valence-electron chi connectivity index (χ0n) is 11.7. The van der Waals surface area contributed by atoms with Gasteiger partial charge in [0.25, 0.3) is 0 Å². The summed E-state index contributed by atoms with van der Waals surface area (Å²) in [6.07, 6.45) is 2.82. The fraction of sp³-hybridized carbons (Fsp3) is 0.400. The highest BCUT2D eigenvalue weighted by atomic mass is 32.1. The highest BCUT2D eigenvalue weighted by Gasteiger charge is 2.12. The van der Waals surface area contributed by atoms with E-state index in [1.165, 1.54) is 23.5 Å². The van der Waals surface area contributed by atoms with E-state index in [-0.39, 0.29) is 11.9 Å².